The second-order valence-electron chi connectivity index (χ2n) is 4.73. The first-order valence-corrected chi connectivity index (χ1v) is 7.30. The molecule has 0 amide bonds. The van der Waals surface area contributed by atoms with E-state index in [1.54, 1.807) is 13.8 Å². The number of rotatable bonds is 6. The second-order valence-corrected chi connectivity index (χ2v) is 4.73. The molecule has 1 rings (SSSR count). The van der Waals surface area contributed by atoms with Crippen LogP contribution in [0.1, 0.15) is 46.0 Å². The van der Waals surface area contributed by atoms with Crippen LogP contribution in [0.3, 0.4) is 0 Å². The summed E-state index contributed by atoms with van der Waals surface area (Å²) in [4.78, 5) is 22.7. The van der Waals surface area contributed by atoms with E-state index >= 15 is 0 Å². The van der Waals surface area contributed by atoms with Crippen LogP contribution < -0.4 is 0 Å². The second kappa shape index (κ2) is 9.44. The van der Waals surface area contributed by atoms with Crippen molar-refractivity contribution in [2.24, 2.45) is 5.92 Å². The van der Waals surface area contributed by atoms with Crippen LogP contribution in [0.25, 0.3) is 0 Å². The summed E-state index contributed by atoms with van der Waals surface area (Å²) >= 11 is 0. The third kappa shape index (κ3) is 6.12. The highest BCUT2D eigenvalue weighted by atomic mass is 16.7. The molecule has 6 nitrogen and oxygen atoms in total. The van der Waals surface area contributed by atoms with Crippen LogP contribution in [0.2, 0.25) is 0 Å². The molecule has 1 aliphatic carbocycles. The topological polar surface area (TPSA) is 71.1 Å². The van der Waals surface area contributed by atoms with E-state index in [9.17, 15) is 9.59 Å². The van der Waals surface area contributed by atoms with Crippen molar-refractivity contribution in [2.45, 2.75) is 52.1 Å². The normalized spacial score (nSPS) is 17.1. The molecule has 20 heavy (non-hydrogen) atoms. The average Bonchev–Trinajstić information content (AvgIpc) is 2.45. The average molecular weight is 288 g/mol. The molecule has 6 heteroatoms. The van der Waals surface area contributed by atoms with Crippen molar-refractivity contribution in [3.63, 3.8) is 0 Å². The van der Waals surface area contributed by atoms with Crippen molar-refractivity contribution < 1.29 is 28.5 Å². The predicted molar refractivity (Wildman–Crippen MR) is 71.4 cm³/mol. The molecule has 0 aliphatic heterocycles. The van der Waals surface area contributed by atoms with Crippen LogP contribution in [0, 0.1) is 5.92 Å². The minimum Gasteiger partial charge on any atom is -0.435 e. The van der Waals surface area contributed by atoms with Crippen LogP contribution in [0.4, 0.5) is 9.59 Å². The summed E-state index contributed by atoms with van der Waals surface area (Å²) in [6.45, 7) is 3.95. The molecule has 0 saturated heterocycles. The van der Waals surface area contributed by atoms with Crippen molar-refractivity contribution >= 4 is 12.3 Å². The number of carbonyl (C=O) groups excluding carboxylic acids is 2. The molecule has 0 heterocycles. The highest BCUT2D eigenvalue weighted by Gasteiger charge is 2.29. The van der Waals surface area contributed by atoms with Crippen molar-refractivity contribution in [3.8, 4) is 0 Å². The monoisotopic (exact) mass is 288 g/mol. The smallest absolute Gasteiger partial charge is 0.435 e. The Labute approximate surface area is 119 Å². The summed E-state index contributed by atoms with van der Waals surface area (Å²) in [5.41, 5.74) is 0. The molecule has 0 bridgehead atoms. The Morgan fingerprint density at radius 2 is 1.55 bits per heavy atom. The SMILES string of the molecule is CCOC(=O)OCC(OC(=O)OCC)C1CCCCC1. The molecule has 1 saturated carbocycles. The highest BCUT2D eigenvalue weighted by molar-refractivity contribution is 5.61. The third-order valence-corrected chi connectivity index (χ3v) is 3.31. The number of carbonyl (C=O) groups is 2. The lowest BCUT2D eigenvalue weighted by molar-refractivity contribution is -0.0410. The van der Waals surface area contributed by atoms with Gasteiger partial charge in [0.25, 0.3) is 0 Å². The van der Waals surface area contributed by atoms with Crippen LogP contribution in [-0.4, -0.2) is 38.2 Å². The van der Waals surface area contributed by atoms with E-state index in [0.29, 0.717) is 0 Å². The Morgan fingerprint density at radius 3 is 2.15 bits per heavy atom. The summed E-state index contributed by atoms with van der Waals surface area (Å²) in [6, 6.07) is 0. The van der Waals surface area contributed by atoms with E-state index in [-0.39, 0.29) is 25.7 Å². The van der Waals surface area contributed by atoms with Crippen molar-refractivity contribution in [2.75, 3.05) is 19.8 Å². The van der Waals surface area contributed by atoms with E-state index in [1.165, 1.54) is 6.42 Å². The van der Waals surface area contributed by atoms with Gasteiger partial charge < -0.3 is 18.9 Å². The molecule has 0 radical (unpaired) electrons. The van der Waals surface area contributed by atoms with Gasteiger partial charge in [0.2, 0.25) is 0 Å². The van der Waals surface area contributed by atoms with Gasteiger partial charge in [-0.2, -0.15) is 0 Å². The minimum atomic E-state index is -0.735. The Morgan fingerprint density at radius 1 is 0.950 bits per heavy atom. The summed E-state index contributed by atoms with van der Waals surface area (Å²) in [5.74, 6) is 0.211. The van der Waals surface area contributed by atoms with Crippen molar-refractivity contribution in [3.05, 3.63) is 0 Å². The Bertz CT molecular complexity index is 298. The standard InChI is InChI=1S/C14H24O6/c1-3-17-13(15)19-10-12(20-14(16)18-4-2)11-8-6-5-7-9-11/h11-12H,3-10H2,1-2H3. The zero-order chi connectivity index (χ0) is 14.8. The van der Waals surface area contributed by atoms with Gasteiger partial charge in [-0.05, 0) is 32.6 Å². The van der Waals surface area contributed by atoms with Crippen LogP contribution >= 0.6 is 0 Å². The molecule has 1 unspecified atom stereocenters. The maximum absolute atomic E-state index is 11.5. The van der Waals surface area contributed by atoms with E-state index in [1.807, 2.05) is 0 Å². The van der Waals surface area contributed by atoms with Crippen molar-refractivity contribution in [1.82, 2.24) is 0 Å². The lowest BCUT2D eigenvalue weighted by Gasteiger charge is -2.29. The van der Waals surface area contributed by atoms with E-state index < -0.39 is 18.4 Å². The molecule has 1 aliphatic rings. The first kappa shape index (κ1) is 16.6. The summed E-state index contributed by atoms with van der Waals surface area (Å²) < 4.78 is 19.7. The van der Waals surface area contributed by atoms with Crippen molar-refractivity contribution in [1.29, 1.82) is 0 Å². The van der Waals surface area contributed by atoms with Crippen LogP contribution in [0.15, 0.2) is 0 Å². The fraction of sp³-hybridized carbons (Fsp3) is 0.857. The quantitative estimate of drug-likeness (QED) is 0.698. The molecule has 1 fully saturated rings. The number of hydrogen-bond donors (Lipinski definition) is 0. The number of hydrogen-bond acceptors (Lipinski definition) is 6. The summed E-state index contributed by atoms with van der Waals surface area (Å²) in [7, 11) is 0. The molecule has 0 N–H and O–H groups in total. The van der Waals surface area contributed by atoms with Gasteiger partial charge in [0.05, 0.1) is 13.2 Å². The molecule has 116 valence electrons. The van der Waals surface area contributed by atoms with Crippen LogP contribution in [0.5, 0.6) is 0 Å². The molecular weight excluding hydrogens is 264 g/mol. The lowest BCUT2D eigenvalue weighted by atomic mass is 9.85. The zero-order valence-corrected chi connectivity index (χ0v) is 12.3. The van der Waals surface area contributed by atoms with Gasteiger partial charge in [-0.15, -0.1) is 0 Å². The third-order valence-electron chi connectivity index (χ3n) is 3.31. The minimum absolute atomic E-state index is 0.0162. The molecule has 1 atom stereocenters. The molecule has 0 aromatic rings. The zero-order valence-electron chi connectivity index (χ0n) is 12.3. The Kier molecular flexibility index (Phi) is 7.84. The van der Waals surface area contributed by atoms with Gasteiger partial charge in [-0.25, -0.2) is 9.59 Å². The van der Waals surface area contributed by atoms with E-state index in [2.05, 4.69) is 0 Å². The molecule has 0 aromatic heterocycles. The van der Waals surface area contributed by atoms with Gasteiger partial charge in [-0.1, -0.05) is 19.3 Å². The fourth-order valence-electron chi connectivity index (χ4n) is 2.36. The van der Waals surface area contributed by atoms with E-state index in [4.69, 9.17) is 18.9 Å². The van der Waals surface area contributed by atoms with Gasteiger partial charge >= 0.3 is 12.3 Å². The predicted octanol–water partition coefficient (Wildman–Crippen LogP) is 3.28. The largest absolute Gasteiger partial charge is 0.508 e. The first-order valence-electron chi connectivity index (χ1n) is 7.30. The Hall–Kier alpha value is -1.46. The highest BCUT2D eigenvalue weighted by Crippen LogP contribution is 2.28. The summed E-state index contributed by atoms with van der Waals surface area (Å²) in [5, 5.41) is 0. The number of ether oxygens (including phenoxy) is 4. The maximum Gasteiger partial charge on any atom is 0.508 e. The molecule has 0 spiro atoms. The van der Waals surface area contributed by atoms with Crippen LogP contribution in [-0.2, 0) is 18.9 Å². The summed E-state index contributed by atoms with van der Waals surface area (Å²) in [6.07, 6.45) is 3.43. The lowest BCUT2D eigenvalue weighted by Crippen LogP contribution is -2.34. The van der Waals surface area contributed by atoms with Gasteiger partial charge in [-0.3, -0.25) is 0 Å². The van der Waals surface area contributed by atoms with Gasteiger partial charge in [0.1, 0.15) is 12.7 Å². The first-order chi connectivity index (χ1) is 9.67. The molecule has 0 aromatic carbocycles. The van der Waals surface area contributed by atoms with E-state index in [0.717, 1.165) is 25.7 Å². The fourth-order valence-corrected chi connectivity index (χ4v) is 2.36. The Balaban J connectivity index is 2.48. The van der Waals surface area contributed by atoms with Gasteiger partial charge in [0.15, 0.2) is 0 Å². The molecular formula is C14H24O6. The maximum atomic E-state index is 11.5. The van der Waals surface area contributed by atoms with Gasteiger partial charge in [0, 0.05) is 0 Å².